The number of benzene rings is 3. The van der Waals surface area contributed by atoms with E-state index in [-0.39, 0.29) is 21.7 Å². The average Bonchev–Trinajstić information content (AvgIpc) is 3.51. The highest BCUT2D eigenvalue weighted by atomic mass is 15.0. The monoisotopic (exact) mass is 559 g/mol. The molecule has 0 N–H and O–H groups in total. The van der Waals surface area contributed by atoms with Crippen LogP contribution >= 0.6 is 0 Å². The summed E-state index contributed by atoms with van der Waals surface area (Å²) in [6.07, 6.45) is 4.28. The van der Waals surface area contributed by atoms with Crippen molar-refractivity contribution in [3.63, 3.8) is 0 Å². The predicted molar refractivity (Wildman–Crippen MR) is 178 cm³/mol. The minimum atomic E-state index is -0.187. The molecule has 43 heavy (non-hydrogen) atoms. The van der Waals surface area contributed by atoms with Crippen LogP contribution in [-0.4, -0.2) is 14.4 Å². The van der Waals surface area contributed by atoms with E-state index in [2.05, 4.69) is 139 Å². The summed E-state index contributed by atoms with van der Waals surface area (Å²) in [4.78, 5) is 10.6. The molecule has 0 saturated carbocycles. The SMILES string of the molecule is CC1(C)c2ccccc2C(C)(C)c2c1ncc1c2c2cccc3c4c5c(ncc4n1c23)C(C)(C)c1ccccc1C5(C)C. The van der Waals surface area contributed by atoms with Crippen LogP contribution in [0.15, 0.2) is 79.1 Å². The number of aromatic nitrogens is 3. The first kappa shape index (κ1) is 25.3. The summed E-state index contributed by atoms with van der Waals surface area (Å²) >= 11 is 0. The number of fused-ring (bicyclic) bond motifs is 12. The summed E-state index contributed by atoms with van der Waals surface area (Å²) in [7, 11) is 0. The van der Waals surface area contributed by atoms with Crippen LogP contribution in [0.1, 0.15) is 100 Å². The van der Waals surface area contributed by atoms with Crippen LogP contribution < -0.4 is 0 Å². The van der Waals surface area contributed by atoms with Crippen LogP contribution in [0.2, 0.25) is 0 Å². The van der Waals surface area contributed by atoms with Gasteiger partial charge in [0.1, 0.15) is 0 Å². The summed E-state index contributed by atoms with van der Waals surface area (Å²) in [5, 5.41) is 5.30. The maximum absolute atomic E-state index is 5.32. The van der Waals surface area contributed by atoms with Gasteiger partial charge < -0.3 is 4.40 Å². The summed E-state index contributed by atoms with van der Waals surface area (Å²) in [5.41, 5.74) is 13.6. The van der Waals surface area contributed by atoms with Crippen LogP contribution in [-0.2, 0) is 21.7 Å². The minimum Gasteiger partial charge on any atom is -0.305 e. The van der Waals surface area contributed by atoms with Crippen molar-refractivity contribution in [3.05, 3.63) is 124 Å². The molecule has 0 amide bonds. The zero-order valence-corrected chi connectivity index (χ0v) is 26.3. The van der Waals surface area contributed by atoms with E-state index in [4.69, 9.17) is 9.97 Å². The van der Waals surface area contributed by atoms with Crippen molar-refractivity contribution >= 4 is 38.1 Å². The molecule has 0 bridgehead atoms. The molecule has 0 radical (unpaired) electrons. The molecule has 2 aliphatic carbocycles. The Bertz CT molecular complexity index is 2180. The van der Waals surface area contributed by atoms with Crippen LogP contribution in [0, 0.1) is 0 Å². The largest absolute Gasteiger partial charge is 0.305 e. The minimum absolute atomic E-state index is 0.186. The van der Waals surface area contributed by atoms with Gasteiger partial charge in [-0.25, -0.2) is 0 Å². The van der Waals surface area contributed by atoms with Crippen molar-refractivity contribution < 1.29 is 0 Å². The lowest BCUT2D eigenvalue weighted by molar-refractivity contribution is 0.510. The Kier molecular flexibility index (Phi) is 4.38. The Hall–Kier alpha value is -4.24. The third-order valence-electron chi connectivity index (χ3n) is 11.4. The number of rotatable bonds is 0. The molecular formula is C40H37N3. The summed E-state index contributed by atoms with van der Waals surface area (Å²) < 4.78 is 2.48. The molecule has 3 nitrogen and oxygen atoms in total. The predicted octanol–water partition coefficient (Wildman–Crippen LogP) is 9.56. The Morgan fingerprint density at radius 1 is 0.465 bits per heavy atom. The maximum atomic E-state index is 5.32. The van der Waals surface area contributed by atoms with Gasteiger partial charge in [-0.15, -0.1) is 0 Å². The number of hydrogen-bond acceptors (Lipinski definition) is 2. The molecule has 0 saturated heterocycles. The maximum Gasteiger partial charge on any atom is 0.0728 e. The van der Waals surface area contributed by atoms with E-state index in [9.17, 15) is 0 Å². The third-order valence-corrected chi connectivity index (χ3v) is 11.4. The third kappa shape index (κ3) is 2.70. The van der Waals surface area contributed by atoms with Gasteiger partial charge in [-0.3, -0.25) is 9.97 Å². The molecule has 4 heterocycles. The summed E-state index contributed by atoms with van der Waals surface area (Å²) in [6, 6.07) is 24.9. The van der Waals surface area contributed by atoms with E-state index in [1.807, 2.05) is 0 Å². The molecule has 0 atom stereocenters. The number of pyridine rings is 2. The lowest BCUT2D eigenvalue weighted by Gasteiger charge is -2.43. The van der Waals surface area contributed by atoms with E-state index in [0.29, 0.717) is 0 Å². The smallest absolute Gasteiger partial charge is 0.0728 e. The van der Waals surface area contributed by atoms with E-state index in [0.717, 1.165) is 0 Å². The molecule has 0 fully saturated rings. The highest BCUT2D eigenvalue weighted by Crippen LogP contribution is 2.56. The fourth-order valence-corrected chi connectivity index (χ4v) is 9.28. The number of para-hydroxylation sites is 1. The second-order valence-electron chi connectivity index (χ2n) is 15.1. The van der Waals surface area contributed by atoms with Crippen LogP contribution in [0.4, 0.5) is 0 Å². The van der Waals surface area contributed by atoms with Crippen LogP contribution in [0.5, 0.6) is 0 Å². The molecule has 7 aromatic rings. The second-order valence-corrected chi connectivity index (χ2v) is 15.1. The first-order valence-corrected chi connectivity index (χ1v) is 15.6. The van der Waals surface area contributed by atoms with Crippen molar-refractivity contribution in [2.45, 2.75) is 77.0 Å². The molecule has 2 aliphatic rings. The highest BCUT2D eigenvalue weighted by Gasteiger charge is 2.46. The molecule has 0 spiro atoms. The van der Waals surface area contributed by atoms with E-state index < -0.39 is 0 Å². The van der Waals surface area contributed by atoms with Gasteiger partial charge in [-0.1, -0.05) is 122 Å². The lowest BCUT2D eigenvalue weighted by Crippen LogP contribution is -2.37. The average molecular weight is 560 g/mol. The first-order valence-electron chi connectivity index (χ1n) is 15.6. The second kappa shape index (κ2) is 7.45. The molecule has 4 aromatic heterocycles. The standard InChI is InChI=1S/C40H37N3/c1-37(2)24-16-9-11-18-26(24)39(5,6)35-32(37)30-22-14-13-15-23-31-29(43(34(22)23)28(30)20-41-35)21-42-36-33(31)38(3,4)25-17-10-12-19-27(25)40(36,7)8/h9-21H,1-8H3. The van der Waals surface area contributed by atoms with E-state index >= 15 is 0 Å². The molecular weight excluding hydrogens is 522 g/mol. The van der Waals surface area contributed by atoms with Crippen LogP contribution in [0.3, 0.4) is 0 Å². The fraction of sp³-hybridized carbons (Fsp3) is 0.300. The summed E-state index contributed by atoms with van der Waals surface area (Å²) in [6.45, 7) is 18.9. The first-order chi connectivity index (χ1) is 20.4. The number of hydrogen-bond donors (Lipinski definition) is 0. The lowest BCUT2D eigenvalue weighted by atomic mass is 9.61. The molecule has 3 heteroatoms. The van der Waals surface area contributed by atoms with E-state index in [1.54, 1.807) is 0 Å². The van der Waals surface area contributed by atoms with Crippen molar-refractivity contribution in [1.29, 1.82) is 0 Å². The zero-order valence-electron chi connectivity index (χ0n) is 26.3. The molecule has 9 rings (SSSR count). The van der Waals surface area contributed by atoms with Crippen LogP contribution in [0.25, 0.3) is 38.1 Å². The van der Waals surface area contributed by atoms with Gasteiger partial charge in [-0.2, -0.15) is 0 Å². The van der Waals surface area contributed by atoms with Gasteiger partial charge in [-0.05, 0) is 33.4 Å². The molecule has 0 unspecified atom stereocenters. The Morgan fingerprint density at radius 3 is 1.23 bits per heavy atom. The van der Waals surface area contributed by atoms with Gasteiger partial charge in [0.25, 0.3) is 0 Å². The van der Waals surface area contributed by atoms with E-state index in [1.165, 1.54) is 82.9 Å². The van der Waals surface area contributed by atoms with Crippen molar-refractivity contribution in [3.8, 4) is 0 Å². The molecule has 212 valence electrons. The quantitative estimate of drug-likeness (QED) is 0.185. The van der Waals surface area contributed by atoms with Crippen molar-refractivity contribution in [2.24, 2.45) is 0 Å². The van der Waals surface area contributed by atoms with Gasteiger partial charge in [0, 0.05) is 43.2 Å². The Labute approximate surface area is 252 Å². The van der Waals surface area contributed by atoms with Crippen molar-refractivity contribution in [2.75, 3.05) is 0 Å². The number of nitrogens with zero attached hydrogens (tertiary/aromatic N) is 3. The van der Waals surface area contributed by atoms with Gasteiger partial charge in [0.15, 0.2) is 0 Å². The Balaban J connectivity index is 1.46. The Morgan fingerprint density at radius 2 is 0.837 bits per heavy atom. The topological polar surface area (TPSA) is 30.2 Å². The normalized spacial score (nSPS) is 19.0. The molecule has 3 aromatic carbocycles. The van der Waals surface area contributed by atoms with Gasteiger partial charge in [0.2, 0.25) is 0 Å². The summed E-state index contributed by atoms with van der Waals surface area (Å²) in [5.74, 6) is 0. The fourth-order valence-electron chi connectivity index (χ4n) is 9.28. The van der Waals surface area contributed by atoms with Gasteiger partial charge >= 0.3 is 0 Å². The molecule has 0 aliphatic heterocycles. The van der Waals surface area contributed by atoms with Crippen molar-refractivity contribution in [1.82, 2.24) is 14.4 Å². The van der Waals surface area contributed by atoms with Gasteiger partial charge in [0.05, 0.1) is 40.3 Å². The highest BCUT2D eigenvalue weighted by molar-refractivity contribution is 6.25. The zero-order chi connectivity index (χ0) is 29.8.